The Bertz CT molecular complexity index is 569. The molecule has 0 saturated carbocycles. The zero-order chi connectivity index (χ0) is 18.2. The molecule has 1 N–H and O–H groups in total. The minimum Gasteiger partial charge on any atom is -0.413 e. The topological polar surface area (TPSA) is 32.7 Å². The summed E-state index contributed by atoms with van der Waals surface area (Å²) < 4.78 is 6.88. The van der Waals surface area contributed by atoms with Gasteiger partial charge in [-0.15, -0.1) is 0 Å². The first-order valence-corrected chi connectivity index (χ1v) is 12.8. The van der Waals surface area contributed by atoms with Crippen molar-refractivity contribution in [3.63, 3.8) is 0 Å². The maximum absolute atomic E-state index is 11.2. The summed E-state index contributed by atoms with van der Waals surface area (Å²) >= 11 is 0. The molecule has 0 aromatic heterocycles. The Hall–Kier alpha value is -0.683. The lowest BCUT2D eigenvalue weighted by Crippen LogP contribution is -2.59. The summed E-state index contributed by atoms with van der Waals surface area (Å²) in [6, 6.07) is 11.0. The predicted molar refractivity (Wildman–Crippen MR) is 106 cm³/mol. The molecular formula is C21H35NO2Si. The molecule has 2 heterocycles. The van der Waals surface area contributed by atoms with Crippen molar-refractivity contribution >= 4 is 8.32 Å². The molecular weight excluding hydrogens is 326 g/mol. The molecule has 2 aliphatic heterocycles. The van der Waals surface area contributed by atoms with E-state index in [4.69, 9.17) is 4.43 Å². The van der Waals surface area contributed by atoms with Crippen LogP contribution in [0.25, 0.3) is 0 Å². The van der Waals surface area contributed by atoms with E-state index < -0.39 is 14.5 Å². The van der Waals surface area contributed by atoms with Gasteiger partial charge in [-0.25, -0.2) is 0 Å². The summed E-state index contributed by atoms with van der Waals surface area (Å²) in [6.07, 6.45) is 4.38. The van der Waals surface area contributed by atoms with Crippen LogP contribution >= 0.6 is 0 Å². The maximum atomic E-state index is 11.2. The minimum absolute atomic E-state index is 0.0460. The highest BCUT2D eigenvalue weighted by Gasteiger charge is 2.48. The highest BCUT2D eigenvalue weighted by atomic mass is 28.4. The minimum atomic E-state index is -1.88. The van der Waals surface area contributed by atoms with E-state index in [9.17, 15) is 5.11 Å². The first-order chi connectivity index (χ1) is 11.7. The van der Waals surface area contributed by atoms with Gasteiger partial charge in [-0.1, -0.05) is 57.5 Å². The lowest BCUT2D eigenvalue weighted by atomic mass is 9.80. The van der Waals surface area contributed by atoms with Gasteiger partial charge in [0.25, 0.3) is 0 Å². The molecule has 4 heteroatoms. The third-order valence-electron chi connectivity index (χ3n) is 6.68. The van der Waals surface area contributed by atoms with E-state index in [0.717, 1.165) is 13.0 Å². The summed E-state index contributed by atoms with van der Waals surface area (Å²) in [5.74, 6) is 0.0460. The fraction of sp³-hybridized carbons (Fsp3) is 0.714. The van der Waals surface area contributed by atoms with Crippen molar-refractivity contribution in [2.75, 3.05) is 6.54 Å². The van der Waals surface area contributed by atoms with Crippen LogP contribution in [0.3, 0.4) is 0 Å². The van der Waals surface area contributed by atoms with Crippen molar-refractivity contribution in [1.29, 1.82) is 0 Å². The fourth-order valence-electron chi connectivity index (χ4n) is 4.18. The second-order valence-corrected chi connectivity index (χ2v) is 14.1. The van der Waals surface area contributed by atoms with Gasteiger partial charge in [0.1, 0.15) is 6.23 Å². The Morgan fingerprint density at radius 3 is 2.44 bits per heavy atom. The summed E-state index contributed by atoms with van der Waals surface area (Å²) in [7, 11) is -1.88. The normalized spacial score (nSPS) is 31.6. The van der Waals surface area contributed by atoms with Crippen LogP contribution < -0.4 is 0 Å². The number of nitrogens with zero attached hydrogens (tertiary/aromatic N) is 1. The molecule has 25 heavy (non-hydrogen) atoms. The molecule has 3 nitrogen and oxygen atoms in total. The molecule has 0 aliphatic carbocycles. The molecule has 1 aromatic rings. The van der Waals surface area contributed by atoms with Crippen LogP contribution in [0.15, 0.2) is 30.3 Å². The quantitative estimate of drug-likeness (QED) is 0.790. The number of fused-ring (bicyclic) bond motifs is 1. The number of hydrogen-bond acceptors (Lipinski definition) is 3. The Kier molecular flexibility index (Phi) is 5.46. The number of benzene rings is 1. The van der Waals surface area contributed by atoms with Crippen molar-refractivity contribution in [3.05, 3.63) is 35.9 Å². The largest absolute Gasteiger partial charge is 0.413 e. The van der Waals surface area contributed by atoms with Crippen molar-refractivity contribution in [1.82, 2.24) is 4.90 Å². The van der Waals surface area contributed by atoms with Crippen LogP contribution in [0.5, 0.6) is 0 Å². The van der Waals surface area contributed by atoms with Gasteiger partial charge in [-0.2, -0.15) is 0 Å². The van der Waals surface area contributed by atoms with E-state index >= 15 is 0 Å². The highest BCUT2D eigenvalue weighted by Crippen LogP contribution is 2.44. The summed E-state index contributed by atoms with van der Waals surface area (Å²) in [6.45, 7) is 12.6. The lowest BCUT2D eigenvalue weighted by Gasteiger charge is -2.52. The van der Waals surface area contributed by atoms with Crippen molar-refractivity contribution < 1.29 is 9.53 Å². The SMILES string of the molecule is CC(C)(C)[Si](C)(C)OC1C[C@@H]2CCCCN2C(O)C1c1ccccc1. The van der Waals surface area contributed by atoms with E-state index in [1.54, 1.807) is 0 Å². The van der Waals surface area contributed by atoms with E-state index in [0.29, 0.717) is 6.04 Å². The number of aliphatic hydroxyl groups excluding tert-OH is 1. The van der Waals surface area contributed by atoms with Gasteiger partial charge in [-0.3, -0.25) is 4.90 Å². The van der Waals surface area contributed by atoms with Gasteiger partial charge in [0.15, 0.2) is 8.32 Å². The number of aliphatic hydroxyl groups is 1. The average Bonchev–Trinajstić information content (AvgIpc) is 2.54. The van der Waals surface area contributed by atoms with Crippen LogP contribution in [-0.4, -0.2) is 43.2 Å². The Morgan fingerprint density at radius 2 is 1.80 bits per heavy atom. The van der Waals surface area contributed by atoms with Crippen LogP contribution in [0.4, 0.5) is 0 Å². The molecule has 140 valence electrons. The molecule has 0 spiro atoms. The van der Waals surface area contributed by atoms with Gasteiger partial charge in [0.05, 0.1) is 6.10 Å². The third kappa shape index (κ3) is 3.87. The van der Waals surface area contributed by atoms with Crippen molar-refractivity contribution in [2.45, 2.75) is 88.9 Å². The van der Waals surface area contributed by atoms with Gasteiger partial charge in [0.2, 0.25) is 0 Å². The second-order valence-electron chi connectivity index (χ2n) is 9.39. The summed E-state index contributed by atoms with van der Waals surface area (Å²) in [5.41, 5.74) is 1.21. The first-order valence-electron chi connectivity index (χ1n) is 9.87. The summed E-state index contributed by atoms with van der Waals surface area (Å²) in [4.78, 5) is 2.34. The monoisotopic (exact) mass is 361 g/mol. The Morgan fingerprint density at radius 1 is 1.12 bits per heavy atom. The van der Waals surface area contributed by atoms with E-state index in [2.05, 4.69) is 63.0 Å². The lowest BCUT2D eigenvalue weighted by molar-refractivity contribution is -0.121. The smallest absolute Gasteiger partial charge is 0.192 e. The van der Waals surface area contributed by atoms with Crippen LogP contribution in [0, 0.1) is 0 Å². The Labute approximate surface area is 154 Å². The zero-order valence-corrected chi connectivity index (χ0v) is 17.5. The second kappa shape index (κ2) is 7.14. The van der Waals surface area contributed by atoms with Crippen LogP contribution in [0.2, 0.25) is 18.1 Å². The maximum Gasteiger partial charge on any atom is 0.192 e. The van der Waals surface area contributed by atoms with Gasteiger partial charge in [-0.05, 0) is 43.0 Å². The van der Waals surface area contributed by atoms with Crippen molar-refractivity contribution in [3.8, 4) is 0 Å². The molecule has 0 radical (unpaired) electrons. The van der Waals surface area contributed by atoms with E-state index in [1.165, 1.54) is 24.8 Å². The molecule has 4 atom stereocenters. The molecule has 2 fully saturated rings. The average molecular weight is 362 g/mol. The molecule has 3 rings (SSSR count). The molecule has 1 aromatic carbocycles. The molecule has 0 bridgehead atoms. The fourth-order valence-corrected chi connectivity index (χ4v) is 5.53. The predicted octanol–water partition coefficient (Wildman–Crippen LogP) is 4.74. The Balaban J connectivity index is 1.91. The highest BCUT2D eigenvalue weighted by molar-refractivity contribution is 6.74. The first kappa shape index (κ1) is 19.1. The van der Waals surface area contributed by atoms with Gasteiger partial charge < -0.3 is 9.53 Å². The van der Waals surface area contributed by atoms with Crippen molar-refractivity contribution in [2.24, 2.45) is 0 Å². The zero-order valence-electron chi connectivity index (χ0n) is 16.5. The molecule has 2 aliphatic rings. The van der Waals surface area contributed by atoms with Crippen LogP contribution in [-0.2, 0) is 4.43 Å². The van der Waals surface area contributed by atoms with Crippen LogP contribution in [0.1, 0.15) is 57.9 Å². The number of rotatable bonds is 3. The summed E-state index contributed by atoms with van der Waals surface area (Å²) in [5, 5.41) is 11.4. The number of piperidine rings is 2. The third-order valence-corrected chi connectivity index (χ3v) is 11.2. The van der Waals surface area contributed by atoms with Gasteiger partial charge in [0, 0.05) is 18.5 Å². The molecule has 3 unspecified atom stereocenters. The van der Waals surface area contributed by atoms with E-state index in [-0.39, 0.29) is 17.1 Å². The molecule has 0 amide bonds. The molecule has 2 saturated heterocycles. The standard InChI is InChI=1S/C21H35NO2Si/c1-21(2,3)25(4,5)24-18-15-17-13-9-10-14-22(17)20(23)19(18)16-11-7-6-8-12-16/h6-8,11-12,17-20,23H,9-10,13-15H2,1-5H3/t17-,18?,19?,20?/m0/s1. The number of hydrogen-bond donors (Lipinski definition) is 1. The van der Waals surface area contributed by atoms with Gasteiger partial charge >= 0.3 is 0 Å². The van der Waals surface area contributed by atoms with E-state index in [1.807, 2.05) is 6.07 Å².